The number of hydrogen-bond acceptors (Lipinski definition) is 8. The SMILES string of the molecule is CCOc1cc(C=Nn2c(C(C)(C)C)nc3ccc(Br)cc3c2=O)ccc1Oc1ccc([N+](=O)[O-])cn1. The van der Waals surface area contributed by atoms with E-state index in [1.807, 2.05) is 33.8 Å². The van der Waals surface area contributed by atoms with Crippen molar-refractivity contribution in [3.05, 3.63) is 91.1 Å². The number of fused-ring (bicyclic) bond motifs is 1. The first-order valence-electron chi connectivity index (χ1n) is 11.4. The van der Waals surface area contributed by atoms with Crippen molar-refractivity contribution in [2.24, 2.45) is 5.10 Å². The van der Waals surface area contributed by atoms with Crippen molar-refractivity contribution in [3.8, 4) is 17.4 Å². The fraction of sp³-hybridized carbons (Fsp3) is 0.231. The van der Waals surface area contributed by atoms with E-state index in [0.717, 1.165) is 10.7 Å². The molecule has 0 saturated heterocycles. The van der Waals surface area contributed by atoms with E-state index in [4.69, 9.17) is 14.5 Å². The van der Waals surface area contributed by atoms with Crippen LogP contribution in [0.1, 0.15) is 39.1 Å². The first-order chi connectivity index (χ1) is 17.6. The van der Waals surface area contributed by atoms with Gasteiger partial charge in [0.1, 0.15) is 12.0 Å². The van der Waals surface area contributed by atoms with Gasteiger partial charge in [-0.15, -0.1) is 0 Å². The van der Waals surface area contributed by atoms with Crippen molar-refractivity contribution < 1.29 is 14.4 Å². The van der Waals surface area contributed by atoms with Gasteiger partial charge in [0.05, 0.1) is 28.6 Å². The van der Waals surface area contributed by atoms with Crippen LogP contribution in [0.15, 0.2) is 69.1 Å². The highest BCUT2D eigenvalue weighted by atomic mass is 79.9. The molecular weight excluding hydrogens is 542 g/mol. The summed E-state index contributed by atoms with van der Waals surface area (Å²) in [5, 5.41) is 15.8. The molecule has 0 saturated carbocycles. The van der Waals surface area contributed by atoms with Crippen LogP contribution in [0.4, 0.5) is 5.69 Å². The van der Waals surface area contributed by atoms with E-state index in [1.165, 1.54) is 16.8 Å². The number of hydrogen-bond donors (Lipinski definition) is 0. The number of rotatable bonds is 7. The molecule has 0 aliphatic rings. The second-order valence-electron chi connectivity index (χ2n) is 9.06. The third-order valence-corrected chi connectivity index (χ3v) is 5.71. The van der Waals surface area contributed by atoms with Crippen LogP contribution in [0.25, 0.3) is 10.9 Å². The summed E-state index contributed by atoms with van der Waals surface area (Å²) in [5.74, 6) is 1.52. The van der Waals surface area contributed by atoms with Gasteiger partial charge in [-0.25, -0.2) is 9.97 Å². The van der Waals surface area contributed by atoms with Crippen molar-refractivity contribution in [2.45, 2.75) is 33.1 Å². The number of benzene rings is 2. The third kappa shape index (κ3) is 5.83. The van der Waals surface area contributed by atoms with Crippen LogP contribution in [0.5, 0.6) is 17.4 Å². The Bertz CT molecular complexity index is 1560. The predicted molar refractivity (Wildman–Crippen MR) is 144 cm³/mol. The zero-order valence-corrected chi connectivity index (χ0v) is 22.2. The van der Waals surface area contributed by atoms with Gasteiger partial charge in [0.15, 0.2) is 11.5 Å². The lowest BCUT2D eigenvalue weighted by Crippen LogP contribution is -2.29. The fourth-order valence-electron chi connectivity index (χ4n) is 3.48. The molecule has 2 aromatic heterocycles. The zero-order valence-electron chi connectivity index (χ0n) is 20.6. The van der Waals surface area contributed by atoms with Gasteiger partial charge in [-0.3, -0.25) is 14.9 Å². The molecule has 4 rings (SSSR count). The molecule has 0 unspecified atom stereocenters. The van der Waals surface area contributed by atoms with Crippen molar-refractivity contribution in [2.75, 3.05) is 6.61 Å². The van der Waals surface area contributed by atoms with Crippen LogP contribution in [-0.4, -0.2) is 32.4 Å². The van der Waals surface area contributed by atoms with E-state index >= 15 is 0 Å². The standard InChI is InChI=1S/C26H24BrN5O5/c1-5-36-22-12-16(6-10-21(22)37-23-11-8-18(15-28-23)32(34)35)14-29-31-24(33)19-13-17(27)7-9-20(19)30-25(31)26(2,3)4/h6-15H,5H2,1-4H3. The molecule has 10 nitrogen and oxygen atoms in total. The Balaban J connectivity index is 1.71. The molecule has 0 radical (unpaired) electrons. The number of pyridine rings is 1. The maximum Gasteiger partial charge on any atom is 0.287 e. The van der Waals surface area contributed by atoms with Gasteiger partial charge in [0.25, 0.3) is 11.2 Å². The van der Waals surface area contributed by atoms with Crippen LogP contribution < -0.4 is 15.0 Å². The Labute approximate surface area is 220 Å². The Morgan fingerprint density at radius 3 is 2.57 bits per heavy atom. The topological polar surface area (TPSA) is 122 Å². The monoisotopic (exact) mass is 565 g/mol. The van der Waals surface area contributed by atoms with Gasteiger partial charge in [0.2, 0.25) is 5.88 Å². The molecule has 0 atom stereocenters. The molecule has 2 heterocycles. The van der Waals surface area contributed by atoms with Crippen LogP contribution in [-0.2, 0) is 5.41 Å². The summed E-state index contributed by atoms with van der Waals surface area (Å²) in [5.41, 5.74) is 0.410. The number of halogens is 1. The van der Waals surface area contributed by atoms with Crippen molar-refractivity contribution in [1.29, 1.82) is 0 Å². The maximum absolute atomic E-state index is 13.4. The molecule has 2 aromatic carbocycles. The zero-order chi connectivity index (χ0) is 26.7. The second kappa shape index (κ2) is 10.5. The van der Waals surface area contributed by atoms with Gasteiger partial charge >= 0.3 is 0 Å². The summed E-state index contributed by atoms with van der Waals surface area (Å²) in [6.45, 7) is 8.12. The van der Waals surface area contributed by atoms with E-state index in [9.17, 15) is 14.9 Å². The minimum absolute atomic E-state index is 0.135. The van der Waals surface area contributed by atoms with E-state index in [0.29, 0.717) is 40.4 Å². The number of aromatic nitrogens is 3. The predicted octanol–water partition coefficient (Wildman–Crippen LogP) is 5.83. The lowest BCUT2D eigenvalue weighted by Gasteiger charge is -2.20. The van der Waals surface area contributed by atoms with E-state index in [-0.39, 0.29) is 17.1 Å². The smallest absolute Gasteiger partial charge is 0.287 e. The second-order valence-corrected chi connectivity index (χ2v) is 9.98. The van der Waals surface area contributed by atoms with E-state index < -0.39 is 10.3 Å². The summed E-state index contributed by atoms with van der Waals surface area (Å²) in [6, 6.07) is 13.3. The van der Waals surface area contributed by atoms with Crippen LogP contribution in [0.2, 0.25) is 0 Å². The summed E-state index contributed by atoms with van der Waals surface area (Å²) in [4.78, 5) is 32.4. The van der Waals surface area contributed by atoms with Gasteiger partial charge in [-0.1, -0.05) is 36.7 Å². The lowest BCUT2D eigenvalue weighted by molar-refractivity contribution is -0.385. The molecule has 0 aliphatic heterocycles. The fourth-order valence-corrected chi connectivity index (χ4v) is 3.84. The summed E-state index contributed by atoms with van der Waals surface area (Å²) in [6.07, 6.45) is 2.68. The number of nitro groups is 1. The maximum atomic E-state index is 13.4. The molecule has 0 amide bonds. The van der Waals surface area contributed by atoms with Crippen molar-refractivity contribution >= 4 is 38.7 Å². The molecule has 4 aromatic rings. The molecule has 0 spiro atoms. The molecule has 0 N–H and O–H groups in total. The van der Waals surface area contributed by atoms with Crippen LogP contribution in [0.3, 0.4) is 0 Å². The van der Waals surface area contributed by atoms with E-state index in [1.54, 1.807) is 36.5 Å². The van der Waals surface area contributed by atoms with Crippen molar-refractivity contribution in [3.63, 3.8) is 0 Å². The Hall–Kier alpha value is -4.12. The van der Waals surface area contributed by atoms with Gasteiger partial charge in [-0.2, -0.15) is 9.78 Å². The molecule has 0 aliphatic carbocycles. The van der Waals surface area contributed by atoms with E-state index in [2.05, 4.69) is 26.0 Å². The first kappa shape index (κ1) is 26.0. The average Bonchev–Trinajstić information content (AvgIpc) is 2.85. The Morgan fingerprint density at radius 2 is 1.92 bits per heavy atom. The molecule has 0 fully saturated rings. The quantitative estimate of drug-likeness (QED) is 0.157. The molecule has 37 heavy (non-hydrogen) atoms. The normalized spacial score (nSPS) is 11.7. The molecule has 0 bridgehead atoms. The summed E-state index contributed by atoms with van der Waals surface area (Å²) < 4.78 is 13.6. The first-order valence-corrected chi connectivity index (χ1v) is 12.2. The van der Waals surface area contributed by atoms with Crippen LogP contribution in [0, 0.1) is 10.1 Å². The Morgan fingerprint density at radius 1 is 1.14 bits per heavy atom. The molecular formula is C26H24BrN5O5. The average molecular weight is 566 g/mol. The van der Waals surface area contributed by atoms with Crippen molar-refractivity contribution in [1.82, 2.24) is 14.6 Å². The summed E-state index contributed by atoms with van der Waals surface area (Å²) >= 11 is 3.41. The molecule has 190 valence electrons. The minimum Gasteiger partial charge on any atom is -0.490 e. The minimum atomic E-state index is -0.531. The highest BCUT2D eigenvalue weighted by Crippen LogP contribution is 2.32. The lowest BCUT2D eigenvalue weighted by atomic mass is 9.95. The molecule has 11 heteroatoms. The highest BCUT2D eigenvalue weighted by molar-refractivity contribution is 9.10. The number of nitrogens with zero attached hydrogens (tertiary/aromatic N) is 5. The van der Waals surface area contributed by atoms with Crippen LogP contribution >= 0.6 is 15.9 Å². The number of ether oxygens (including phenoxy) is 2. The largest absolute Gasteiger partial charge is 0.490 e. The van der Waals surface area contributed by atoms with Gasteiger partial charge in [0, 0.05) is 22.0 Å². The van der Waals surface area contributed by atoms with Gasteiger partial charge < -0.3 is 9.47 Å². The Kier molecular flexibility index (Phi) is 7.35. The third-order valence-electron chi connectivity index (χ3n) is 5.22. The highest BCUT2D eigenvalue weighted by Gasteiger charge is 2.23. The summed E-state index contributed by atoms with van der Waals surface area (Å²) in [7, 11) is 0. The van der Waals surface area contributed by atoms with Gasteiger partial charge in [-0.05, 0) is 48.9 Å².